The lowest BCUT2D eigenvalue weighted by molar-refractivity contribution is 0.475. The Morgan fingerprint density at radius 2 is 1.76 bits per heavy atom. The number of hydrogen-bond donors (Lipinski definition) is 2. The summed E-state index contributed by atoms with van der Waals surface area (Å²) in [5, 5.41) is 14.0. The van der Waals surface area contributed by atoms with Crippen LogP contribution in [0.4, 0.5) is 0 Å². The molecule has 0 aliphatic heterocycles. The molecule has 1 heterocycles. The zero-order valence-corrected chi connectivity index (χ0v) is 12.2. The second-order valence-corrected chi connectivity index (χ2v) is 5.28. The van der Waals surface area contributed by atoms with Gasteiger partial charge in [0.15, 0.2) is 0 Å². The van der Waals surface area contributed by atoms with Gasteiger partial charge in [0.2, 0.25) is 0 Å². The lowest BCUT2D eigenvalue weighted by Gasteiger charge is -2.07. The highest BCUT2D eigenvalue weighted by Gasteiger charge is 2.03. The number of phenols is 1. The SMILES string of the molecule is CCNCc1ccc2c(ccn2Cc2ccc(O)cc2)c1. The van der Waals surface area contributed by atoms with Crippen LogP contribution in [-0.4, -0.2) is 16.2 Å². The number of nitrogens with zero attached hydrogens (tertiary/aromatic N) is 1. The maximum Gasteiger partial charge on any atom is 0.115 e. The molecule has 108 valence electrons. The topological polar surface area (TPSA) is 37.2 Å². The summed E-state index contributed by atoms with van der Waals surface area (Å²) in [5.74, 6) is 0.309. The third kappa shape index (κ3) is 3.09. The van der Waals surface area contributed by atoms with Gasteiger partial charge in [-0.05, 0) is 53.4 Å². The summed E-state index contributed by atoms with van der Waals surface area (Å²) < 4.78 is 2.23. The summed E-state index contributed by atoms with van der Waals surface area (Å²) in [6, 6.07) is 16.1. The summed E-state index contributed by atoms with van der Waals surface area (Å²) in [4.78, 5) is 0. The van der Waals surface area contributed by atoms with E-state index >= 15 is 0 Å². The molecular weight excluding hydrogens is 260 g/mol. The molecule has 1 aromatic heterocycles. The number of hydrogen-bond acceptors (Lipinski definition) is 2. The minimum Gasteiger partial charge on any atom is -0.508 e. The monoisotopic (exact) mass is 280 g/mol. The first kappa shape index (κ1) is 13.7. The van der Waals surface area contributed by atoms with Crippen molar-refractivity contribution in [2.45, 2.75) is 20.0 Å². The Balaban J connectivity index is 1.84. The number of rotatable bonds is 5. The molecule has 21 heavy (non-hydrogen) atoms. The van der Waals surface area contributed by atoms with Gasteiger partial charge in [-0.3, -0.25) is 0 Å². The van der Waals surface area contributed by atoms with Crippen LogP contribution in [0.2, 0.25) is 0 Å². The Hall–Kier alpha value is -2.26. The van der Waals surface area contributed by atoms with Crippen molar-refractivity contribution in [3.8, 4) is 5.75 Å². The molecule has 2 N–H and O–H groups in total. The number of fused-ring (bicyclic) bond motifs is 1. The molecule has 3 heteroatoms. The molecule has 3 rings (SSSR count). The maximum atomic E-state index is 9.34. The van der Waals surface area contributed by atoms with Gasteiger partial charge in [-0.1, -0.05) is 25.1 Å². The highest BCUT2D eigenvalue weighted by molar-refractivity contribution is 5.81. The van der Waals surface area contributed by atoms with Crippen LogP contribution in [0.5, 0.6) is 5.75 Å². The maximum absolute atomic E-state index is 9.34. The molecule has 3 nitrogen and oxygen atoms in total. The predicted octanol–water partition coefficient (Wildman–Crippen LogP) is 3.50. The van der Waals surface area contributed by atoms with E-state index in [9.17, 15) is 5.11 Å². The quantitative estimate of drug-likeness (QED) is 0.750. The van der Waals surface area contributed by atoms with Crippen molar-refractivity contribution >= 4 is 10.9 Å². The van der Waals surface area contributed by atoms with Gasteiger partial charge in [0, 0.05) is 24.8 Å². The first-order valence-corrected chi connectivity index (χ1v) is 7.32. The molecule has 3 aromatic rings. The number of aromatic hydroxyl groups is 1. The average Bonchev–Trinajstić information content (AvgIpc) is 2.90. The van der Waals surface area contributed by atoms with E-state index in [0.29, 0.717) is 5.75 Å². The molecule has 0 saturated heterocycles. The molecule has 0 saturated carbocycles. The summed E-state index contributed by atoms with van der Waals surface area (Å²) in [7, 11) is 0. The zero-order chi connectivity index (χ0) is 14.7. The van der Waals surface area contributed by atoms with Gasteiger partial charge in [-0.2, -0.15) is 0 Å². The molecule has 0 aliphatic carbocycles. The minimum absolute atomic E-state index is 0.309. The van der Waals surface area contributed by atoms with Crippen molar-refractivity contribution in [3.05, 3.63) is 65.9 Å². The fourth-order valence-electron chi connectivity index (χ4n) is 2.56. The molecule has 0 radical (unpaired) electrons. The molecule has 0 unspecified atom stereocenters. The molecule has 0 atom stereocenters. The second kappa shape index (κ2) is 6.02. The normalized spacial score (nSPS) is 11.1. The molecule has 2 aromatic carbocycles. The first-order valence-electron chi connectivity index (χ1n) is 7.32. The van der Waals surface area contributed by atoms with E-state index in [1.807, 2.05) is 12.1 Å². The van der Waals surface area contributed by atoms with E-state index < -0.39 is 0 Å². The third-order valence-electron chi connectivity index (χ3n) is 3.70. The number of phenolic OH excluding ortho intramolecular Hbond substituents is 1. The van der Waals surface area contributed by atoms with Crippen LogP contribution in [-0.2, 0) is 13.1 Å². The highest BCUT2D eigenvalue weighted by Crippen LogP contribution is 2.20. The van der Waals surface area contributed by atoms with Crippen LogP contribution in [0.15, 0.2) is 54.7 Å². The van der Waals surface area contributed by atoms with Gasteiger partial charge in [-0.15, -0.1) is 0 Å². The van der Waals surface area contributed by atoms with Gasteiger partial charge >= 0.3 is 0 Å². The fraction of sp³-hybridized carbons (Fsp3) is 0.222. The molecule has 0 bridgehead atoms. The van der Waals surface area contributed by atoms with Crippen LogP contribution < -0.4 is 5.32 Å². The lowest BCUT2D eigenvalue weighted by Crippen LogP contribution is -2.11. The van der Waals surface area contributed by atoms with Gasteiger partial charge in [0.25, 0.3) is 0 Å². The highest BCUT2D eigenvalue weighted by atomic mass is 16.3. The summed E-state index contributed by atoms with van der Waals surface area (Å²) in [6.45, 7) is 4.83. The molecular formula is C18H20N2O. The number of nitrogens with one attached hydrogen (secondary N) is 1. The van der Waals surface area contributed by atoms with Gasteiger partial charge in [0.1, 0.15) is 5.75 Å². The summed E-state index contributed by atoms with van der Waals surface area (Å²) >= 11 is 0. The van der Waals surface area contributed by atoms with Crippen molar-refractivity contribution in [2.75, 3.05) is 6.54 Å². The fourth-order valence-corrected chi connectivity index (χ4v) is 2.56. The van der Waals surface area contributed by atoms with Crippen LogP contribution in [0, 0.1) is 0 Å². The Bertz CT molecular complexity index is 729. The van der Waals surface area contributed by atoms with Crippen molar-refractivity contribution in [2.24, 2.45) is 0 Å². The van der Waals surface area contributed by atoms with Crippen LogP contribution in [0.3, 0.4) is 0 Å². The van der Waals surface area contributed by atoms with Gasteiger partial charge in [0.05, 0.1) is 0 Å². The number of aromatic nitrogens is 1. The zero-order valence-electron chi connectivity index (χ0n) is 12.2. The van der Waals surface area contributed by atoms with E-state index in [0.717, 1.165) is 19.6 Å². The van der Waals surface area contributed by atoms with Crippen LogP contribution in [0.25, 0.3) is 10.9 Å². The van der Waals surface area contributed by atoms with E-state index in [1.165, 1.54) is 22.0 Å². The molecule has 0 amide bonds. The summed E-state index contributed by atoms with van der Waals surface area (Å²) in [5.41, 5.74) is 3.73. The van der Waals surface area contributed by atoms with Gasteiger partial charge in [-0.25, -0.2) is 0 Å². The van der Waals surface area contributed by atoms with E-state index in [4.69, 9.17) is 0 Å². The molecule has 0 aliphatic rings. The molecule has 0 fully saturated rings. The van der Waals surface area contributed by atoms with Gasteiger partial charge < -0.3 is 15.0 Å². The smallest absolute Gasteiger partial charge is 0.115 e. The predicted molar refractivity (Wildman–Crippen MR) is 86.5 cm³/mol. The number of benzene rings is 2. The van der Waals surface area contributed by atoms with Crippen LogP contribution in [0.1, 0.15) is 18.1 Å². The standard InChI is InChI=1S/C18H20N2O/c1-2-19-12-15-5-8-18-16(11-15)9-10-20(18)13-14-3-6-17(21)7-4-14/h3-11,19,21H,2,12-13H2,1H3. The first-order chi connectivity index (χ1) is 10.3. The van der Waals surface area contributed by atoms with Crippen molar-refractivity contribution in [1.82, 2.24) is 9.88 Å². The minimum atomic E-state index is 0.309. The Morgan fingerprint density at radius 1 is 1.00 bits per heavy atom. The largest absolute Gasteiger partial charge is 0.508 e. The Kier molecular flexibility index (Phi) is 3.93. The van der Waals surface area contributed by atoms with Crippen LogP contribution >= 0.6 is 0 Å². The van der Waals surface area contributed by atoms with Crippen molar-refractivity contribution in [3.63, 3.8) is 0 Å². The van der Waals surface area contributed by atoms with Crippen molar-refractivity contribution in [1.29, 1.82) is 0 Å². The van der Waals surface area contributed by atoms with E-state index in [-0.39, 0.29) is 0 Å². The average molecular weight is 280 g/mol. The second-order valence-electron chi connectivity index (χ2n) is 5.28. The summed E-state index contributed by atoms with van der Waals surface area (Å²) in [6.07, 6.45) is 2.12. The lowest BCUT2D eigenvalue weighted by atomic mass is 10.1. The van der Waals surface area contributed by atoms with E-state index in [1.54, 1.807) is 12.1 Å². The Labute approximate surface area is 124 Å². The third-order valence-corrected chi connectivity index (χ3v) is 3.70. The Morgan fingerprint density at radius 3 is 2.52 bits per heavy atom. The molecule has 0 spiro atoms. The van der Waals surface area contributed by atoms with Crippen molar-refractivity contribution < 1.29 is 5.11 Å². The van der Waals surface area contributed by atoms with E-state index in [2.05, 4.69) is 47.3 Å².